The van der Waals surface area contributed by atoms with E-state index in [2.05, 4.69) is 89.5 Å². The molecule has 0 fully saturated rings. The van der Waals surface area contributed by atoms with Crippen molar-refractivity contribution in [1.29, 1.82) is 0 Å². The molecule has 0 atom stereocenters. The zero-order valence-corrected chi connectivity index (χ0v) is 13.2. The van der Waals surface area contributed by atoms with Crippen molar-refractivity contribution in [2.75, 3.05) is 0 Å². The fraction of sp³-hybridized carbons (Fsp3) is 0.0455. The van der Waals surface area contributed by atoms with Gasteiger partial charge in [-0.05, 0) is 23.8 Å². The van der Waals surface area contributed by atoms with Gasteiger partial charge in [0.2, 0.25) is 0 Å². The number of pyridine rings is 1. The maximum Gasteiger partial charge on any atom is 0.0887 e. The number of hydrogen-bond acceptors (Lipinski definition) is 1. The number of fused-ring (bicyclic) bond motifs is 4. The van der Waals surface area contributed by atoms with Gasteiger partial charge in [-0.15, -0.1) is 0 Å². The van der Waals surface area contributed by atoms with Crippen molar-refractivity contribution in [1.82, 2.24) is 9.55 Å². The van der Waals surface area contributed by atoms with Crippen LogP contribution in [0.3, 0.4) is 0 Å². The summed E-state index contributed by atoms with van der Waals surface area (Å²) in [6.45, 7) is 0.842. The molecule has 0 bridgehead atoms. The molecule has 2 aliphatic heterocycles. The lowest BCUT2D eigenvalue weighted by molar-refractivity contribution is 0.839. The van der Waals surface area contributed by atoms with Gasteiger partial charge in [0.05, 0.1) is 16.9 Å². The fourth-order valence-electron chi connectivity index (χ4n) is 3.53. The predicted octanol–water partition coefficient (Wildman–Crippen LogP) is 5.34. The summed E-state index contributed by atoms with van der Waals surface area (Å²) >= 11 is 0. The molecule has 24 heavy (non-hydrogen) atoms. The normalized spacial score (nSPS) is 11.5. The molecule has 3 aromatic rings. The molecule has 2 heteroatoms. The Morgan fingerprint density at radius 1 is 0.750 bits per heavy atom. The molecule has 0 radical (unpaired) electrons. The summed E-state index contributed by atoms with van der Waals surface area (Å²) in [6, 6.07) is 29.8. The largest absolute Gasteiger partial charge is 0.334 e. The average molecular weight is 308 g/mol. The molecule has 0 spiro atoms. The van der Waals surface area contributed by atoms with Gasteiger partial charge in [0.15, 0.2) is 0 Å². The molecule has 5 rings (SSSR count). The van der Waals surface area contributed by atoms with Crippen molar-refractivity contribution < 1.29 is 0 Å². The van der Waals surface area contributed by atoms with Crippen molar-refractivity contribution >= 4 is 21.8 Å². The first kappa shape index (κ1) is 13.3. The molecular weight excluding hydrogens is 292 g/mol. The quantitative estimate of drug-likeness (QED) is 0.430. The number of aromatic nitrogens is 2. The highest BCUT2D eigenvalue weighted by Crippen LogP contribution is 2.35. The second kappa shape index (κ2) is 5.20. The Labute approximate surface area is 140 Å². The summed E-state index contributed by atoms with van der Waals surface area (Å²) in [5.74, 6) is 0. The van der Waals surface area contributed by atoms with Crippen LogP contribution >= 0.6 is 0 Å². The zero-order chi connectivity index (χ0) is 15.9. The van der Waals surface area contributed by atoms with Crippen molar-refractivity contribution in [2.45, 2.75) is 6.54 Å². The zero-order valence-electron chi connectivity index (χ0n) is 13.2. The van der Waals surface area contributed by atoms with E-state index in [1.54, 1.807) is 0 Å². The topological polar surface area (TPSA) is 17.8 Å². The van der Waals surface area contributed by atoms with Crippen LogP contribution in [0.15, 0.2) is 84.9 Å². The molecule has 2 heterocycles. The van der Waals surface area contributed by atoms with Crippen LogP contribution in [0.2, 0.25) is 0 Å². The fourth-order valence-corrected chi connectivity index (χ4v) is 3.53. The van der Waals surface area contributed by atoms with Crippen LogP contribution in [0.4, 0.5) is 0 Å². The number of nitrogens with zero attached hydrogens (tertiary/aromatic N) is 2. The molecule has 0 aromatic heterocycles. The van der Waals surface area contributed by atoms with Crippen LogP contribution in [0.25, 0.3) is 33.2 Å². The van der Waals surface area contributed by atoms with E-state index in [-0.39, 0.29) is 0 Å². The van der Waals surface area contributed by atoms with E-state index in [4.69, 9.17) is 4.98 Å². The maximum atomic E-state index is 4.85. The molecule has 3 aromatic carbocycles. The smallest absolute Gasteiger partial charge is 0.0887 e. The number of hydrogen-bond donors (Lipinski definition) is 0. The van der Waals surface area contributed by atoms with Gasteiger partial charge in [0.1, 0.15) is 0 Å². The Morgan fingerprint density at radius 3 is 2.42 bits per heavy atom. The molecule has 2 aliphatic rings. The van der Waals surface area contributed by atoms with E-state index < -0.39 is 0 Å². The van der Waals surface area contributed by atoms with Crippen LogP contribution in [-0.4, -0.2) is 9.55 Å². The Bertz CT molecular complexity index is 1120. The molecular formula is C22H16N2. The number of benzene rings is 3. The van der Waals surface area contributed by atoms with E-state index >= 15 is 0 Å². The summed E-state index contributed by atoms with van der Waals surface area (Å²) in [5, 5.41) is 2.44. The third kappa shape index (κ3) is 2.00. The van der Waals surface area contributed by atoms with Crippen LogP contribution < -0.4 is 0 Å². The Kier molecular flexibility index (Phi) is 2.89. The third-order valence-electron chi connectivity index (χ3n) is 4.62. The molecule has 0 saturated carbocycles. The van der Waals surface area contributed by atoms with E-state index in [0.717, 1.165) is 17.8 Å². The molecule has 0 unspecified atom stereocenters. The summed E-state index contributed by atoms with van der Waals surface area (Å²) in [4.78, 5) is 4.85. The third-order valence-corrected chi connectivity index (χ3v) is 4.62. The lowest BCUT2D eigenvalue weighted by Crippen LogP contribution is -2.06. The minimum absolute atomic E-state index is 0.842. The molecule has 0 aliphatic carbocycles. The van der Waals surface area contributed by atoms with Gasteiger partial charge < -0.3 is 4.57 Å². The summed E-state index contributed by atoms with van der Waals surface area (Å²) in [7, 11) is 0. The highest BCUT2D eigenvalue weighted by molar-refractivity contribution is 6.00. The summed E-state index contributed by atoms with van der Waals surface area (Å²) in [5.41, 5.74) is 5.88. The Morgan fingerprint density at radius 2 is 1.50 bits per heavy atom. The van der Waals surface area contributed by atoms with Gasteiger partial charge in [-0.3, -0.25) is 0 Å². The maximum absolute atomic E-state index is 4.85. The van der Waals surface area contributed by atoms with Crippen molar-refractivity contribution in [2.24, 2.45) is 0 Å². The van der Waals surface area contributed by atoms with Crippen LogP contribution in [0, 0.1) is 0 Å². The van der Waals surface area contributed by atoms with Gasteiger partial charge in [-0.2, -0.15) is 0 Å². The van der Waals surface area contributed by atoms with E-state index in [1.165, 1.54) is 27.5 Å². The number of para-hydroxylation sites is 2. The molecule has 2 nitrogen and oxygen atoms in total. The van der Waals surface area contributed by atoms with Crippen molar-refractivity contribution in [3.63, 3.8) is 0 Å². The highest BCUT2D eigenvalue weighted by atomic mass is 15.0. The first-order valence-corrected chi connectivity index (χ1v) is 8.21. The van der Waals surface area contributed by atoms with Gasteiger partial charge >= 0.3 is 0 Å². The van der Waals surface area contributed by atoms with E-state index in [1.807, 2.05) is 0 Å². The minimum Gasteiger partial charge on any atom is -0.334 e. The van der Waals surface area contributed by atoms with E-state index in [0.29, 0.717) is 0 Å². The Hall–Kier alpha value is -3.13. The predicted molar refractivity (Wildman–Crippen MR) is 99.4 cm³/mol. The minimum atomic E-state index is 0.842. The number of rotatable bonds is 2. The van der Waals surface area contributed by atoms with Gasteiger partial charge in [-0.25, -0.2) is 4.98 Å². The first-order valence-electron chi connectivity index (χ1n) is 8.21. The lowest BCUT2D eigenvalue weighted by Gasteiger charge is -2.17. The second-order valence-corrected chi connectivity index (χ2v) is 6.14. The van der Waals surface area contributed by atoms with Crippen LogP contribution in [0.1, 0.15) is 5.56 Å². The Balaban J connectivity index is 1.89. The van der Waals surface area contributed by atoms with Crippen LogP contribution in [0.5, 0.6) is 0 Å². The summed E-state index contributed by atoms with van der Waals surface area (Å²) in [6.07, 6.45) is 0. The van der Waals surface area contributed by atoms with E-state index in [9.17, 15) is 0 Å². The SMILES string of the molecule is c1ccc(Cn2c3c4ccccc4nc-3cc3ccccc32)cc1. The molecule has 0 amide bonds. The highest BCUT2D eigenvalue weighted by Gasteiger charge is 2.17. The molecule has 114 valence electrons. The molecule has 0 N–H and O–H groups in total. The van der Waals surface area contributed by atoms with Gasteiger partial charge in [-0.1, -0.05) is 66.7 Å². The van der Waals surface area contributed by atoms with Gasteiger partial charge in [0.25, 0.3) is 0 Å². The van der Waals surface area contributed by atoms with Gasteiger partial charge in [0, 0.05) is 22.8 Å². The lowest BCUT2D eigenvalue weighted by atomic mass is 10.1. The summed E-state index contributed by atoms with van der Waals surface area (Å²) < 4.78 is 2.40. The standard InChI is InChI=1S/C22H16N2/c1-2-8-16(9-3-1)15-24-21-13-7-4-10-17(21)14-20-22(24)18-11-5-6-12-19(18)23-20/h1-14H,15H2. The monoisotopic (exact) mass is 308 g/mol. The van der Waals surface area contributed by atoms with Crippen molar-refractivity contribution in [3.8, 4) is 11.4 Å². The van der Waals surface area contributed by atoms with Crippen LogP contribution in [-0.2, 0) is 6.54 Å². The first-order chi connectivity index (χ1) is 11.9. The molecule has 0 saturated heterocycles. The average Bonchev–Trinajstić information content (AvgIpc) is 3.00. The second-order valence-electron chi connectivity index (χ2n) is 6.14. The van der Waals surface area contributed by atoms with Crippen molar-refractivity contribution in [3.05, 3.63) is 90.5 Å².